The Balaban J connectivity index is 2.04. The summed E-state index contributed by atoms with van der Waals surface area (Å²) in [7, 11) is 0. The lowest BCUT2D eigenvalue weighted by atomic mass is 9.72. The Morgan fingerprint density at radius 1 is 0.818 bits per heavy atom. The van der Waals surface area contributed by atoms with Crippen molar-refractivity contribution in [1.82, 2.24) is 0 Å². The molecule has 0 unspecified atom stereocenters. The van der Waals surface area contributed by atoms with Gasteiger partial charge in [-0.3, -0.25) is 4.79 Å². The van der Waals surface area contributed by atoms with E-state index in [0.717, 1.165) is 0 Å². The van der Waals surface area contributed by atoms with E-state index in [1.54, 1.807) is 12.2 Å². The van der Waals surface area contributed by atoms with Gasteiger partial charge in [0.05, 0.1) is 5.41 Å². The summed E-state index contributed by atoms with van der Waals surface area (Å²) in [6.45, 7) is 0. The Kier molecular flexibility index (Phi) is 3.15. The second-order valence-electron chi connectivity index (χ2n) is 5.54. The second-order valence-corrected chi connectivity index (χ2v) is 6.62. The number of ketones is 1. The first kappa shape index (κ1) is 13.7. The van der Waals surface area contributed by atoms with Gasteiger partial charge in [0.1, 0.15) is 0 Å². The van der Waals surface area contributed by atoms with E-state index in [4.69, 9.17) is 0 Å². The molecule has 0 atom stereocenters. The maximum absolute atomic E-state index is 11.6. The highest BCUT2D eigenvalue weighted by atomic mass is 127. The van der Waals surface area contributed by atoms with Crippen LogP contribution >= 0.6 is 22.6 Å². The van der Waals surface area contributed by atoms with Gasteiger partial charge in [-0.15, -0.1) is 0 Å². The van der Waals surface area contributed by atoms with E-state index in [1.165, 1.54) is 25.8 Å². The molecule has 2 aromatic rings. The number of hydrogen-bond donors (Lipinski definition) is 0. The molecule has 0 bridgehead atoms. The molecular formula is C20H13IO. The third-order valence-electron chi connectivity index (χ3n) is 4.33. The normalized spacial score (nSPS) is 18.1. The van der Waals surface area contributed by atoms with Crippen molar-refractivity contribution in [1.29, 1.82) is 0 Å². The van der Waals surface area contributed by atoms with Crippen molar-refractivity contribution in [2.75, 3.05) is 0 Å². The Morgan fingerprint density at radius 3 is 2.18 bits per heavy atom. The maximum Gasteiger partial charge on any atom is 0.178 e. The average Bonchev–Trinajstić information content (AvgIpc) is 2.81. The molecule has 0 aromatic heterocycles. The van der Waals surface area contributed by atoms with Gasteiger partial charge in [-0.1, -0.05) is 66.7 Å². The van der Waals surface area contributed by atoms with Crippen molar-refractivity contribution in [3.63, 3.8) is 0 Å². The molecule has 1 spiro atoms. The van der Waals surface area contributed by atoms with Crippen LogP contribution in [0.15, 0.2) is 78.9 Å². The Hall–Kier alpha value is -1.94. The lowest BCUT2D eigenvalue weighted by Crippen LogP contribution is -2.23. The number of halogens is 1. The zero-order valence-corrected chi connectivity index (χ0v) is 13.9. The van der Waals surface area contributed by atoms with Crippen LogP contribution in [-0.4, -0.2) is 5.78 Å². The summed E-state index contributed by atoms with van der Waals surface area (Å²) >= 11 is 2.43. The van der Waals surface area contributed by atoms with Crippen LogP contribution in [0, 0.1) is 0 Å². The molecule has 2 aromatic carbocycles. The molecule has 0 heterocycles. The number of benzene rings is 2. The van der Waals surface area contributed by atoms with Gasteiger partial charge >= 0.3 is 0 Å². The SMILES string of the molecule is O=C1C=CC2(C=C1)C(c1ccccc1)=C(I)c1ccccc12. The van der Waals surface area contributed by atoms with Crippen molar-refractivity contribution in [3.8, 4) is 0 Å². The van der Waals surface area contributed by atoms with Crippen molar-refractivity contribution < 1.29 is 4.79 Å². The lowest BCUT2D eigenvalue weighted by Gasteiger charge is -2.29. The third-order valence-corrected chi connectivity index (χ3v) is 5.45. The summed E-state index contributed by atoms with van der Waals surface area (Å²) in [4.78, 5) is 11.6. The molecule has 2 aliphatic carbocycles. The topological polar surface area (TPSA) is 17.1 Å². The molecule has 2 aliphatic rings. The predicted octanol–water partition coefficient (Wildman–Crippen LogP) is 4.94. The standard InChI is InChI=1S/C20H13IO/c21-19-16-8-4-5-9-17(16)20(12-10-15(22)11-13-20)18(19)14-6-2-1-3-7-14/h1-13H. The summed E-state index contributed by atoms with van der Waals surface area (Å²) in [5.74, 6) is 0.0532. The van der Waals surface area contributed by atoms with Crippen LogP contribution in [0.1, 0.15) is 16.7 Å². The zero-order valence-electron chi connectivity index (χ0n) is 11.8. The Bertz CT molecular complexity index is 840. The first-order valence-electron chi connectivity index (χ1n) is 7.20. The fraction of sp³-hybridized carbons (Fsp3) is 0.0500. The molecule has 22 heavy (non-hydrogen) atoms. The van der Waals surface area contributed by atoms with Gasteiger partial charge in [0.25, 0.3) is 0 Å². The summed E-state index contributed by atoms with van der Waals surface area (Å²) in [5.41, 5.74) is 4.63. The van der Waals surface area contributed by atoms with E-state index < -0.39 is 0 Å². The quantitative estimate of drug-likeness (QED) is 0.625. The van der Waals surface area contributed by atoms with E-state index >= 15 is 0 Å². The predicted molar refractivity (Wildman–Crippen MR) is 98.7 cm³/mol. The molecule has 106 valence electrons. The smallest absolute Gasteiger partial charge is 0.178 e. The second kappa shape index (κ2) is 5.06. The van der Waals surface area contributed by atoms with Gasteiger partial charge in [0.2, 0.25) is 0 Å². The maximum atomic E-state index is 11.6. The summed E-state index contributed by atoms with van der Waals surface area (Å²) in [5, 5.41) is 0. The van der Waals surface area contributed by atoms with Gasteiger partial charge in [-0.05, 0) is 57.0 Å². The first-order chi connectivity index (χ1) is 10.7. The summed E-state index contributed by atoms with van der Waals surface area (Å²) < 4.78 is 1.25. The fourth-order valence-electron chi connectivity index (χ4n) is 3.34. The number of rotatable bonds is 1. The highest BCUT2D eigenvalue weighted by Crippen LogP contribution is 2.55. The minimum atomic E-state index is -0.331. The number of allylic oxidation sites excluding steroid dienone is 5. The van der Waals surface area contributed by atoms with Crippen LogP contribution in [0.2, 0.25) is 0 Å². The monoisotopic (exact) mass is 396 g/mol. The van der Waals surface area contributed by atoms with Crippen LogP contribution in [0.5, 0.6) is 0 Å². The molecule has 0 N–H and O–H groups in total. The number of carbonyl (C=O) groups is 1. The third kappa shape index (κ3) is 1.87. The number of fused-ring (bicyclic) bond motifs is 2. The zero-order chi connectivity index (χ0) is 15.2. The lowest BCUT2D eigenvalue weighted by molar-refractivity contribution is -0.110. The van der Waals surface area contributed by atoms with Crippen LogP contribution in [-0.2, 0) is 10.2 Å². The number of carbonyl (C=O) groups excluding carboxylic acids is 1. The van der Waals surface area contributed by atoms with Gasteiger partial charge in [-0.2, -0.15) is 0 Å². The van der Waals surface area contributed by atoms with Crippen molar-refractivity contribution >= 4 is 37.5 Å². The van der Waals surface area contributed by atoms with E-state index in [-0.39, 0.29) is 11.2 Å². The minimum Gasteiger partial charge on any atom is -0.290 e. The summed E-state index contributed by atoms with van der Waals surface area (Å²) in [6, 6.07) is 18.9. The first-order valence-corrected chi connectivity index (χ1v) is 8.28. The Morgan fingerprint density at radius 2 is 1.45 bits per heavy atom. The summed E-state index contributed by atoms with van der Waals surface area (Å²) in [6.07, 6.45) is 7.47. The van der Waals surface area contributed by atoms with Gasteiger partial charge in [0.15, 0.2) is 5.78 Å². The molecule has 4 rings (SSSR count). The van der Waals surface area contributed by atoms with Crippen LogP contribution < -0.4 is 0 Å². The fourth-order valence-corrected chi connectivity index (χ4v) is 4.57. The largest absolute Gasteiger partial charge is 0.290 e. The van der Waals surface area contributed by atoms with Crippen molar-refractivity contribution in [3.05, 3.63) is 95.6 Å². The van der Waals surface area contributed by atoms with E-state index in [0.29, 0.717) is 0 Å². The highest BCUT2D eigenvalue weighted by Gasteiger charge is 2.42. The minimum absolute atomic E-state index is 0.0532. The highest BCUT2D eigenvalue weighted by molar-refractivity contribution is 14.1. The molecule has 1 nitrogen and oxygen atoms in total. The van der Waals surface area contributed by atoms with Crippen LogP contribution in [0.4, 0.5) is 0 Å². The van der Waals surface area contributed by atoms with Gasteiger partial charge in [0, 0.05) is 3.58 Å². The van der Waals surface area contributed by atoms with Gasteiger partial charge < -0.3 is 0 Å². The van der Waals surface area contributed by atoms with E-state index in [9.17, 15) is 4.79 Å². The molecule has 0 fully saturated rings. The molecule has 0 amide bonds. The van der Waals surface area contributed by atoms with E-state index in [2.05, 4.69) is 71.1 Å². The molecule has 0 radical (unpaired) electrons. The van der Waals surface area contributed by atoms with Crippen molar-refractivity contribution in [2.45, 2.75) is 5.41 Å². The molecular weight excluding hydrogens is 383 g/mol. The van der Waals surface area contributed by atoms with E-state index in [1.807, 2.05) is 18.2 Å². The van der Waals surface area contributed by atoms with Crippen LogP contribution in [0.3, 0.4) is 0 Å². The molecule has 0 saturated heterocycles. The average molecular weight is 396 g/mol. The number of hydrogen-bond acceptors (Lipinski definition) is 1. The van der Waals surface area contributed by atoms with Crippen LogP contribution in [0.25, 0.3) is 9.15 Å². The van der Waals surface area contributed by atoms with Crippen molar-refractivity contribution in [2.24, 2.45) is 0 Å². The molecule has 0 saturated carbocycles. The Labute approximate surface area is 143 Å². The molecule has 2 heteroatoms. The van der Waals surface area contributed by atoms with Gasteiger partial charge in [-0.25, -0.2) is 0 Å². The molecule has 0 aliphatic heterocycles.